The lowest BCUT2D eigenvalue weighted by atomic mass is 9.98. The molecule has 8 rings (SSSR count). The van der Waals surface area contributed by atoms with E-state index in [-0.39, 0.29) is 30.1 Å². The van der Waals surface area contributed by atoms with Crippen molar-refractivity contribution in [3.63, 3.8) is 0 Å². The van der Waals surface area contributed by atoms with Crippen molar-refractivity contribution < 1.29 is 5.48 Å². The fourth-order valence-electron chi connectivity index (χ4n) is 5.51. The van der Waals surface area contributed by atoms with Crippen LogP contribution in [-0.2, 0) is 0 Å². The summed E-state index contributed by atoms with van der Waals surface area (Å²) in [6, 6.07) is 42.9. The van der Waals surface area contributed by atoms with Gasteiger partial charge in [-0.3, -0.25) is 4.57 Å². The van der Waals surface area contributed by atoms with Crippen LogP contribution in [0.3, 0.4) is 0 Å². The Hall–Kier alpha value is -5.87. The zero-order chi connectivity index (χ0) is 32.1. The van der Waals surface area contributed by atoms with Crippen LogP contribution in [0.4, 0.5) is 0 Å². The molecule has 0 spiro atoms. The van der Waals surface area contributed by atoms with Gasteiger partial charge in [-0.2, -0.15) is 9.97 Å². The molecule has 0 radical (unpaired) electrons. The van der Waals surface area contributed by atoms with Gasteiger partial charge in [-0.25, -0.2) is 4.98 Å². The molecule has 6 aromatic carbocycles. The van der Waals surface area contributed by atoms with Crippen LogP contribution in [0.5, 0.6) is 0 Å². The highest BCUT2D eigenvalue weighted by Crippen LogP contribution is 2.35. The summed E-state index contributed by atoms with van der Waals surface area (Å²) in [6.07, 6.45) is 0. The van der Waals surface area contributed by atoms with Crippen molar-refractivity contribution in [3.05, 3.63) is 158 Å². The second-order valence-corrected chi connectivity index (χ2v) is 10.3. The number of nitrogens with zero attached hydrogens (tertiary/aromatic N) is 4. The monoisotopic (exact) mass is 554 g/mol. The summed E-state index contributed by atoms with van der Waals surface area (Å²) < 4.78 is 36.8. The van der Waals surface area contributed by atoms with Gasteiger partial charge in [0.1, 0.15) is 0 Å². The molecule has 0 aliphatic carbocycles. The molecule has 0 unspecified atom stereocenters. The van der Waals surface area contributed by atoms with E-state index in [0.717, 1.165) is 33.4 Å². The van der Waals surface area contributed by atoms with E-state index in [2.05, 4.69) is 30.3 Å². The molecule has 202 valence electrons. The lowest BCUT2D eigenvalue weighted by molar-refractivity contribution is 0.953. The molecule has 43 heavy (non-hydrogen) atoms. The van der Waals surface area contributed by atoms with Crippen molar-refractivity contribution in [2.24, 2.45) is 0 Å². The summed E-state index contributed by atoms with van der Waals surface area (Å²) in [5, 5.41) is 1.09. The van der Waals surface area contributed by atoms with Crippen molar-refractivity contribution in [2.75, 3.05) is 0 Å². The summed E-state index contributed by atoms with van der Waals surface area (Å²) in [5.74, 6) is 1.17. The van der Waals surface area contributed by atoms with Gasteiger partial charge in [0.25, 0.3) is 0 Å². The van der Waals surface area contributed by atoms with Gasteiger partial charge in [0, 0.05) is 21.9 Å². The van der Waals surface area contributed by atoms with Crippen LogP contribution in [0.2, 0.25) is 0 Å². The minimum atomic E-state index is -0.317. The Balaban J connectivity index is 1.44. The van der Waals surface area contributed by atoms with E-state index in [0.29, 0.717) is 33.5 Å². The van der Waals surface area contributed by atoms with Gasteiger partial charge in [0.15, 0.2) is 11.6 Å². The molecule has 4 nitrogen and oxygen atoms in total. The van der Waals surface area contributed by atoms with Crippen LogP contribution in [-0.4, -0.2) is 19.5 Å². The van der Waals surface area contributed by atoms with Crippen LogP contribution in [0.15, 0.2) is 158 Å². The van der Waals surface area contributed by atoms with Crippen molar-refractivity contribution >= 4 is 21.8 Å². The smallest absolute Gasteiger partial charge is 0.238 e. The summed E-state index contributed by atoms with van der Waals surface area (Å²) in [7, 11) is 0. The molecule has 8 aromatic rings. The predicted molar refractivity (Wildman–Crippen MR) is 176 cm³/mol. The first-order valence-corrected chi connectivity index (χ1v) is 14.1. The van der Waals surface area contributed by atoms with Crippen molar-refractivity contribution in [1.29, 1.82) is 0 Å². The van der Waals surface area contributed by atoms with Crippen molar-refractivity contribution in [3.8, 4) is 51.0 Å². The average Bonchev–Trinajstić information content (AvgIpc) is 3.49. The molecular formula is C39H26N4. The van der Waals surface area contributed by atoms with Crippen LogP contribution in [0, 0.1) is 0 Å². The Morgan fingerprint density at radius 3 is 1.60 bits per heavy atom. The van der Waals surface area contributed by atoms with Crippen LogP contribution < -0.4 is 0 Å². The normalized spacial score (nSPS) is 12.6. The van der Waals surface area contributed by atoms with E-state index < -0.39 is 0 Å². The highest BCUT2D eigenvalue weighted by Gasteiger charge is 2.18. The highest BCUT2D eigenvalue weighted by atomic mass is 15.2. The molecule has 0 fully saturated rings. The maximum atomic E-state index is 9.04. The van der Waals surface area contributed by atoms with E-state index >= 15 is 0 Å². The predicted octanol–water partition coefficient (Wildman–Crippen LogP) is 9.64. The SMILES string of the molecule is [2H]c1c([2H])c([2H])c2c(c1[2H])c1ccc(-c3cccc(-c4ccccc4)c3)cc1n2-c1nc(-c2ccccc2)nc(-c2ccccc2)n1. The van der Waals surface area contributed by atoms with Gasteiger partial charge < -0.3 is 0 Å². The number of para-hydroxylation sites is 1. The first kappa shape index (κ1) is 20.9. The number of fused-ring (bicyclic) bond motifs is 3. The third-order valence-corrected chi connectivity index (χ3v) is 7.59. The van der Waals surface area contributed by atoms with E-state index in [4.69, 9.17) is 20.4 Å². The van der Waals surface area contributed by atoms with Crippen LogP contribution in [0.25, 0.3) is 72.8 Å². The minimum Gasteiger partial charge on any atom is -0.278 e. The van der Waals surface area contributed by atoms with Crippen LogP contribution >= 0.6 is 0 Å². The number of aromatic nitrogens is 4. The van der Waals surface area contributed by atoms with Gasteiger partial charge in [0.05, 0.1) is 16.5 Å². The fourth-order valence-corrected chi connectivity index (χ4v) is 5.51. The molecular weight excluding hydrogens is 524 g/mol. The molecule has 2 aromatic heterocycles. The molecule has 0 atom stereocenters. The van der Waals surface area contributed by atoms with Gasteiger partial charge in [-0.05, 0) is 40.4 Å². The molecule has 0 saturated carbocycles. The Bertz CT molecular complexity index is 2390. The third-order valence-electron chi connectivity index (χ3n) is 7.59. The van der Waals surface area contributed by atoms with E-state index in [9.17, 15) is 0 Å². The number of hydrogen-bond donors (Lipinski definition) is 0. The summed E-state index contributed by atoms with van der Waals surface area (Å²) in [6.45, 7) is 0. The van der Waals surface area contributed by atoms with Crippen molar-refractivity contribution in [2.45, 2.75) is 0 Å². The summed E-state index contributed by atoms with van der Waals surface area (Å²) in [5.41, 5.74) is 6.69. The Labute approximate surface area is 255 Å². The molecule has 4 heteroatoms. The third kappa shape index (κ3) is 4.55. The van der Waals surface area contributed by atoms with Crippen molar-refractivity contribution in [1.82, 2.24) is 19.5 Å². The minimum absolute atomic E-state index is 0.107. The topological polar surface area (TPSA) is 43.6 Å². The zero-order valence-electron chi connectivity index (χ0n) is 27.0. The molecule has 0 saturated heterocycles. The molecule has 2 heterocycles. The van der Waals surface area contributed by atoms with Gasteiger partial charge in [0.2, 0.25) is 5.95 Å². The molecule has 0 bridgehead atoms. The van der Waals surface area contributed by atoms with E-state index in [1.54, 1.807) is 4.57 Å². The van der Waals surface area contributed by atoms with E-state index in [1.807, 2.05) is 103 Å². The molecule has 0 N–H and O–H groups in total. The lowest BCUT2D eigenvalue weighted by Crippen LogP contribution is -2.06. The summed E-state index contributed by atoms with van der Waals surface area (Å²) >= 11 is 0. The molecule has 0 aliphatic heterocycles. The number of hydrogen-bond acceptors (Lipinski definition) is 3. The molecule has 0 aliphatic rings. The largest absolute Gasteiger partial charge is 0.278 e. The maximum absolute atomic E-state index is 9.04. The van der Waals surface area contributed by atoms with Gasteiger partial charge in [-0.1, -0.05) is 139 Å². The van der Waals surface area contributed by atoms with Gasteiger partial charge >= 0.3 is 0 Å². The number of benzene rings is 6. The zero-order valence-corrected chi connectivity index (χ0v) is 23.0. The first-order chi connectivity index (χ1) is 23.0. The van der Waals surface area contributed by atoms with Gasteiger partial charge in [-0.15, -0.1) is 0 Å². The highest BCUT2D eigenvalue weighted by molar-refractivity contribution is 6.10. The Kier molecular flexibility index (Phi) is 5.11. The standard InChI is InChI=1S/C39H26N4/c1-4-13-27(14-5-1)30-19-12-20-31(25-30)32-23-24-34-33-21-10-11-22-35(33)43(36(34)26-32)39-41-37(28-15-6-2-7-16-28)40-38(42-39)29-17-8-3-9-18-29/h1-26H/i10D,11D,21D,22D. The quantitative estimate of drug-likeness (QED) is 0.213. The summed E-state index contributed by atoms with van der Waals surface area (Å²) in [4.78, 5) is 14.7. The lowest BCUT2D eigenvalue weighted by Gasteiger charge is -2.11. The maximum Gasteiger partial charge on any atom is 0.238 e. The average molecular weight is 555 g/mol. The second-order valence-electron chi connectivity index (χ2n) is 10.3. The Morgan fingerprint density at radius 1 is 0.419 bits per heavy atom. The number of rotatable bonds is 5. The molecule has 0 amide bonds. The van der Waals surface area contributed by atoms with E-state index in [1.165, 1.54) is 0 Å². The van der Waals surface area contributed by atoms with Crippen LogP contribution in [0.1, 0.15) is 5.48 Å². The Morgan fingerprint density at radius 2 is 0.953 bits per heavy atom. The second kappa shape index (κ2) is 10.5. The first-order valence-electron chi connectivity index (χ1n) is 16.1. The fraction of sp³-hybridized carbons (Fsp3) is 0.